The maximum Gasteiger partial charge on any atom is 0.282 e. The third kappa shape index (κ3) is 2.48. The first-order valence-corrected chi connectivity index (χ1v) is 5.80. The molecule has 6 nitrogen and oxygen atoms in total. The van der Waals surface area contributed by atoms with Crippen LogP contribution in [0.15, 0.2) is 24.3 Å². The van der Waals surface area contributed by atoms with Crippen molar-refractivity contribution in [2.24, 2.45) is 0 Å². The van der Waals surface area contributed by atoms with Crippen LogP contribution in [-0.4, -0.2) is 40.0 Å². The Morgan fingerprint density at radius 1 is 1.44 bits per heavy atom. The van der Waals surface area contributed by atoms with E-state index in [-0.39, 0.29) is 23.7 Å². The van der Waals surface area contributed by atoms with Gasteiger partial charge in [0, 0.05) is 19.2 Å². The summed E-state index contributed by atoms with van der Waals surface area (Å²) in [6.45, 7) is 0.771. The monoisotopic (exact) mass is 250 g/mol. The lowest BCUT2D eigenvalue weighted by atomic mass is 10.1. The third-order valence-electron chi connectivity index (χ3n) is 3.01. The Kier molecular flexibility index (Phi) is 3.57. The van der Waals surface area contributed by atoms with Gasteiger partial charge < -0.3 is 10.0 Å². The number of para-hydroxylation sites is 1. The molecule has 0 spiro atoms. The van der Waals surface area contributed by atoms with Crippen LogP contribution in [0.4, 0.5) is 5.69 Å². The van der Waals surface area contributed by atoms with E-state index in [1.807, 2.05) is 0 Å². The molecule has 1 aromatic rings. The number of aliphatic hydroxyl groups is 1. The first-order chi connectivity index (χ1) is 8.59. The van der Waals surface area contributed by atoms with Crippen molar-refractivity contribution in [3.8, 4) is 0 Å². The van der Waals surface area contributed by atoms with E-state index < -0.39 is 11.0 Å². The van der Waals surface area contributed by atoms with E-state index in [9.17, 15) is 20.0 Å². The lowest BCUT2D eigenvalue weighted by Gasteiger charge is -2.30. The van der Waals surface area contributed by atoms with E-state index >= 15 is 0 Å². The number of hydrogen-bond acceptors (Lipinski definition) is 4. The van der Waals surface area contributed by atoms with Crippen LogP contribution >= 0.6 is 0 Å². The lowest BCUT2D eigenvalue weighted by Crippen LogP contribution is -2.42. The number of nitrogens with zero attached hydrogens (tertiary/aromatic N) is 2. The van der Waals surface area contributed by atoms with Crippen LogP contribution in [0.25, 0.3) is 0 Å². The summed E-state index contributed by atoms with van der Waals surface area (Å²) < 4.78 is 0. The quantitative estimate of drug-likeness (QED) is 0.631. The van der Waals surface area contributed by atoms with Gasteiger partial charge in [0.2, 0.25) is 0 Å². The highest BCUT2D eigenvalue weighted by molar-refractivity contribution is 5.98. The highest BCUT2D eigenvalue weighted by atomic mass is 16.6. The van der Waals surface area contributed by atoms with Crippen molar-refractivity contribution >= 4 is 11.6 Å². The van der Waals surface area contributed by atoms with Gasteiger partial charge in [-0.25, -0.2) is 0 Å². The lowest BCUT2D eigenvalue weighted by molar-refractivity contribution is -0.385. The van der Waals surface area contributed by atoms with Gasteiger partial charge in [-0.1, -0.05) is 12.1 Å². The molecule has 0 bridgehead atoms. The molecule has 1 aliphatic rings. The van der Waals surface area contributed by atoms with Crippen LogP contribution in [0, 0.1) is 10.1 Å². The molecule has 96 valence electrons. The molecular formula is C12H14N2O4. The van der Waals surface area contributed by atoms with Gasteiger partial charge in [0.25, 0.3) is 11.6 Å². The number of nitro benzene ring substituents is 1. The number of amides is 1. The summed E-state index contributed by atoms with van der Waals surface area (Å²) in [4.78, 5) is 23.9. The molecule has 1 heterocycles. The van der Waals surface area contributed by atoms with Gasteiger partial charge in [-0.2, -0.15) is 0 Å². The van der Waals surface area contributed by atoms with Crippen molar-refractivity contribution in [1.82, 2.24) is 4.90 Å². The number of carbonyl (C=O) groups is 1. The summed E-state index contributed by atoms with van der Waals surface area (Å²) in [5.74, 6) is -0.388. The van der Waals surface area contributed by atoms with E-state index in [2.05, 4.69) is 0 Å². The maximum atomic E-state index is 12.2. The Morgan fingerprint density at radius 2 is 2.17 bits per heavy atom. The van der Waals surface area contributed by atoms with Gasteiger partial charge in [0.05, 0.1) is 11.0 Å². The number of hydrogen-bond donors (Lipinski definition) is 1. The summed E-state index contributed by atoms with van der Waals surface area (Å²) in [6, 6.07) is 5.88. The van der Waals surface area contributed by atoms with E-state index in [0.29, 0.717) is 19.4 Å². The molecule has 0 saturated carbocycles. The number of likely N-dealkylation sites (tertiary alicyclic amines) is 1. The van der Waals surface area contributed by atoms with E-state index in [1.54, 1.807) is 6.07 Å². The van der Waals surface area contributed by atoms with Gasteiger partial charge in [0.15, 0.2) is 0 Å². The first-order valence-electron chi connectivity index (χ1n) is 5.80. The minimum Gasteiger partial charge on any atom is -0.391 e. The molecule has 1 saturated heterocycles. The summed E-state index contributed by atoms with van der Waals surface area (Å²) in [6.07, 6.45) is 0.847. The molecule has 1 fully saturated rings. The zero-order valence-electron chi connectivity index (χ0n) is 9.78. The van der Waals surface area contributed by atoms with Gasteiger partial charge in [-0.15, -0.1) is 0 Å². The molecule has 1 unspecified atom stereocenters. The zero-order chi connectivity index (χ0) is 13.1. The smallest absolute Gasteiger partial charge is 0.282 e. The number of benzene rings is 1. The van der Waals surface area contributed by atoms with Crippen molar-refractivity contribution < 1.29 is 14.8 Å². The minimum absolute atomic E-state index is 0.0802. The van der Waals surface area contributed by atoms with Crippen molar-refractivity contribution in [2.45, 2.75) is 18.9 Å². The third-order valence-corrected chi connectivity index (χ3v) is 3.01. The summed E-state index contributed by atoms with van der Waals surface area (Å²) in [7, 11) is 0. The number of aliphatic hydroxyl groups excluding tert-OH is 1. The second-order valence-corrected chi connectivity index (χ2v) is 4.32. The summed E-state index contributed by atoms with van der Waals surface area (Å²) in [5.41, 5.74) is -0.112. The van der Waals surface area contributed by atoms with Crippen molar-refractivity contribution in [3.63, 3.8) is 0 Å². The fourth-order valence-electron chi connectivity index (χ4n) is 2.12. The molecular weight excluding hydrogens is 236 g/mol. The van der Waals surface area contributed by atoms with Gasteiger partial charge >= 0.3 is 0 Å². The number of nitro groups is 1. The van der Waals surface area contributed by atoms with Crippen molar-refractivity contribution in [3.05, 3.63) is 39.9 Å². The molecule has 6 heteroatoms. The second-order valence-electron chi connectivity index (χ2n) is 4.32. The standard InChI is InChI=1S/C12H14N2O4/c15-9-4-3-7-13(8-9)12(16)10-5-1-2-6-11(10)14(17)18/h1-2,5-6,9,15H,3-4,7-8H2. The Morgan fingerprint density at radius 3 is 2.83 bits per heavy atom. The second kappa shape index (κ2) is 5.14. The Labute approximate surface area is 104 Å². The van der Waals surface area contributed by atoms with Crippen LogP contribution in [0.3, 0.4) is 0 Å². The molecule has 1 amide bonds. The van der Waals surface area contributed by atoms with Gasteiger partial charge in [0.1, 0.15) is 5.56 Å². The SMILES string of the molecule is O=C(c1ccccc1[N+](=O)[O-])N1CCCC(O)C1. The zero-order valence-corrected chi connectivity index (χ0v) is 9.78. The van der Waals surface area contributed by atoms with E-state index in [1.165, 1.54) is 23.1 Å². The molecule has 1 N–H and O–H groups in total. The molecule has 0 aromatic heterocycles. The maximum absolute atomic E-state index is 12.2. The largest absolute Gasteiger partial charge is 0.391 e. The average Bonchev–Trinajstić information content (AvgIpc) is 2.38. The molecule has 1 atom stereocenters. The number of carbonyl (C=O) groups excluding carboxylic acids is 1. The minimum atomic E-state index is -0.562. The van der Waals surface area contributed by atoms with E-state index in [0.717, 1.165) is 0 Å². The number of β-amino-alcohol motifs (C(OH)–C–C–N with tert-alkyl or cyclic N) is 1. The van der Waals surface area contributed by atoms with Crippen LogP contribution in [0.5, 0.6) is 0 Å². The first kappa shape index (κ1) is 12.5. The van der Waals surface area contributed by atoms with Crippen LogP contribution < -0.4 is 0 Å². The van der Waals surface area contributed by atoms with Crippen LogP contribution in [0.2, 0.25) is 0 Å². The van der Waals surface area contributed by atoms with Gasteiger partial charge in [-0.3, -0.25) is 14.9 Å². The topological polar surface area (TPSA) is 83.7 Å². The molecule has 0 radical (unpaired) electrons. The normalized spacial score (nSPS) is 19.6. The fraction of sp³-hybridized carbons (Fsp3) is 0.417. The van der Waals surface area contributed by atoms with Crippen LogP contribution in [-0.2, 0) is 0 Å². The van der Waals surface area contributed by atoms with Crippen molar-refractivity contribution in [1.29, 1.82) is 0 Å². The number of piperidine rings is 1. The Bertz CT molecular complexity index is 475. The summed E-state index contributed by atoms with van der Waals surface area (Å²) >= 11 is 0. The fourth-order valence-corrected chi connectivity index (χ4v) is 2.12. The predicted octanol–water partition coefficient (Wildman–Crippen LogP) is 1.19. The molecule has 18 heavy (non-hydrogen) atoms. The highest BCUT2D eigenvalue weighted by Crippen LogP contribution is 2.21. The molecule has 1 aromatic carbocycles. The Hall–Kier alpha value is -1.95. The highest BCUT2D eigenvalue weighted by Gasteiger charge is 2.27. The predicted molar refractivity (Wildman–Crippen MR) is 64.2 cm³/mol. The van der Waals surface area contributed by atoms with Crippen molar-refractivity contribution in [2.75, 3.05) is 13.1 Å². The molecule has 0 aliphatic carbocycles. The van der Waals surface area contributed by atoms with E-state index in [4.69, 9.17) is 0 Å². The summed E-state index contributed by atoms with van der Waals surface area (Å²) in [5, 5.41) is 20.4. The average molecular weight is 250 g/mol. The van der Waals surface area contributed by atoms with Crippen LogP contribution in [0.1, 0.15) is 23.2 Å². The Balaban J connectivity index is 2.25. The number of rotatable bonds is 2. The molecule has 1 aliphatic heterocycles. The molecule has 2 rings (SSSR count). The van der Waals surface area contributed by atoms with Gasteiger partial charge in [-0.05, 0) is 18.9 Å².